The van der Waals surface area contributed by atoms with Crippen LogP contribution in [0.25, 0.3) is 0 Å². The summed E-state index contributed by atoms with van der Waals surface area (Å²) in [6.45, 7) is 0.190. The molecule has 1 aromatic heterocycles. The van der Waals surface area contributed by atoms with E-state index in [-0.39, 0.29) is 12.2 Å². The molecule has 0 amide bonds. The first-order chi connectivity index (χ1) is 9.99. The van der Waals surface area contributed by atoms with Crippen molar-refractivity contribution in [3.8, 4) is 0 Å². The number of rotatable bonds is 6. The SMILES string of the molecule is O=C(O)c1cc(NCCc2ncno2)c(F)cc1[N+](=O)[O-]. The number of benzene rings is 1. The second-order valence-electron chi connectivity index (χ2n) is 3.92. The number of halogens is 1. The minimum atomic E-state index is -1.51. The number of nitrogens with one attached hydrogen (secondary N) is 1. The standard InChI is InChI=1S/C11H9FN4O5/c12-7-4-9(16(19)20)6(11(17)18)3-8(7)13-2-1-10-14-5-15-21-10/h3-5,13H,1-2H2,(H,17,18). The molecule has 0 bridgehead atoms. The smallest absolute Gasteiger partial charge is 0.342 e. The van der Waals surface area contributed by atoms with Gasteiger partial charge in [-0.05, 0) is 6.07 Å². The van der Waals surface area contributed by atoms with Gasteiger partial charge in [-0.1, -0.05) is 5.16 Å². The Morgan fingerprint density at radius 2 is 2.29 bits per heavy atom. The summed E-state index contributed by atoms with van der Waals surface area (Å²) in [6, 6.07) is 1.45. The molecule has 110 valence electrons. The number of nitrogens with zero attached hydrogens (tertiary/aromatic N) is 3. The molecule has 21 heavy (non-hydrogen) atoms. The van der Waals surface area contributed by atoms with Crippen LogP contribution >= 0.6 is 0 Å². The maximum absolute atomic E-state index is 13.7. The van der Waals surface area contributed by atoms with Crippen LogP contribution in [0.5, 0.6) is 0 Å². The summed E-state index contributed by atoms with van der Waals surface area (Å²) in [5.74, 6) is -2.11. The number of carboxylic acid groups (broad SMARTS) is 1. The summed E-state index contributed by atoms with van der Waals surface area (Å²) in [7, 11) is 0. The molecule has 0 aliphatic carbocycles. The monoisotopic (exact) mass is 296 g/mol. The van der Waals surface area contributed by atoms with E-state index in [2.05, 4.69) is 15.5 Å². The molecule has 2 aromatic rings. The number of carboxylic acids is 1. The van der Waals surface area contributed by atoms with Gasteiger partial charge < -0.3 is 14.9 Å². The first-order valence-electron chi connectivity index (χ1n) is 5.69. The molecule has 0 atom stereocenters. The van der Waals surface area contributed by atoms with E-state index < -0.39 is 28.0 Å². The Bertz CT molecular complexity index is 674. The molecule has 0 radical (unpaired) electrons. The highest BCUT2D eigenvalue weighted by Gasteiger charge is 2.23. The lowest BCUT2D eigenvalue weighted by Crippen LogP contribution is -2.10. The van der Waals surface area contributed by atoms with Gasteiger partial charge in [-0.25, -0.2) is 9.18 Å². The van der Waals surface area contributed by atoms with Crippen LogP contribution in [0, 0.1) is 15.9 Å². The molecule has 1 aromatic carbocycles. The van der Waals surface area contributed by atoms with Crippen molar-refractivity contribution in [3.63, 3.8) is 0 Å². The highest BCUT2D eigenvalue weighted by molar-refractivity contribution is 5.93. The second kappa shape index (κ2) is 5.94. The Morgan fingerprint density at radius 3 is 2.86 bits per heavy atom. The predicted octanol–water partition coefficient (Wildman–Crippen LogP) is 1.47. The van der Waals surface area contributed by atoms with Crippen LogP contribution in [0.1, 0.15) is 16.2 Å². The molecule has 0 fully saturated rings. The zero-order valence-corrected chi connectivity index (χ0v) is 10.4. The van der Waals surface area contributed by atoms with Gasteiger partial charge in [-0.15, -0.1) is 0 Å². The summed E-state index contributed by atoms with van der Waals surface area (Å²) in [4.78, 5) is 24.5. The molecule has 1 heterocycles. The van der Waals surface area contributed by atoms with Gasteiger partial charge in [0.05, 0.1) is 16.7 Å². The average molecular weight is 296 g/mol. The van der Waals surface area contributed by atoms with E-state index in [1.165, 1.54) is 6.33 Å². The van der Waals surface area contributed by atoms with Crippen molar-refractivity contribution in [2.75, 3.05) is 11.9 Å². The first kappa shape index (κ1) is 14.4. The quantitative estimate of drug-likeness (QED) is 0.605. The summed E-state index contributed by atoms with van der Waals surface area (Å²) < 4.78 is 18.4. The molecule has 2 N–H and O–H groups in total. The molecule has 0 saturated heterocycles. The lowest BCUT2D eigenvalue weighted by molar-refractivity contribution is -0.385. The van der Waals surface area contributed by atoms with Crippen molar-refractivity contribution in [3.05, 3.63) is 45.8 Å². The van der Waals surface area contributed by atoms with Crippen molar-refractivity contribution >= 4 is 17.3 Å². The lowest BCUT2D eigenvalue weighted by Gasteiger charge is -2.07. The van der Waals surface area contributed by atoms with E-state index in [1.54, 1.807) is 0 Å². The molecule has 2 rings (SSSR count). The van der Waals surface area contributed by atoms with Crippen LogP contribution in [0.15, 0.2) is 23.0 Å². The van der Waals surface area contributed by atoms with Gasteiger partial charge in [0.25, 0.3) is 5.69 Å². The van der Waals surface area contributed by atoms with Crippen molar-refractivity contribution < 1.29 is 23.7 Å². The topological polar surface area (TPSA) is 131 Å². The summed E-state index contributed by atoms with van der Waals surface area (Å²) in [5.41, 5.74) is -1.55. The van der Waals surface area contributed by atoms with Crippen molar-refractivity contribution in [1.82, 2.24) is 10.1 Å². The normalized spacial score (nSPS) is 10.3. The molecule has 0 spiro atoms. The van der Waals surface area contributed by atoms with E-state index in [0.29, 0.717) is 18.4 Å². The number of aromatic carboxylic acids is 1. The third kappa shape index (κ3) is 3.29. The van der Waals surface area contributed by atoms with Crippen molar-refractivity contribution in [2.24, 2.45) is 0 Å². The highest BCUT2D eigenvalue weighted by atomic mass is 19.1. The number of carbonyl (C=O) groups is 1. The van der Waals surface area contributed by atoms with Gasteiger partial charge in [-0.2, -0.15) is 4.98 Å². The fourth-order valence-electron chi connectivity index (χ4n) is 1.63. The molecule has 10 heteroatoms. The van der Waals surface area contributed by atoms with E-state index in [1.807, 2.05) is 0 Å². The summed E-state index contributed by atoms with van der Waals surface area (Å²) in [5, 5.41) is 25.6. The van der Waals surface area contributed by atoms with Gasteiger partial charge >= 0.3 is 5.97 Å². The minimum absolute atomic E-state index is 0.155. The van der Waals surface area contributed by atoms with E-state index in [9.17, 15) is 19.3 Å². The summed E-state index contributed by atoms with van der Waals surface area (Å²) in [6.07, 6.45) is 1.50. The number of nitro groups is 1. The number of hydrogen-bond acceptors (Lipinski definition) is 7. The average Bonchev–Trinajstić information content (AvgIpc) is 2.92. The van der Waals surface area contributed by atoms with Crippen LogP contribution in [0.3, 0.4) is 0 Å². The molecule has 0 aliphatic rings. The van der Waals surface area contributed by atoms with Gasteiger partial charge in [0.1, 0.15) is 5.56 Å². The Kier molecular flexibility index (Phi) is 4.07. The maximum atomic E-state index is 13.7. The molecule has 0 aliphatic heterocycles. The Labute approximate surface area is 116 Å². The summed E-state index contributed by atoms with van der Waals surface area (Å²) >= 11 is 0. The Balaban J connectivity index is 2.17. The number of nitro benzene ring substituents is 1. The zero-order chi connectivity index (χ0) is 15.4. The van der Waals surface area contributed by atoms with Crippen LogP contribution in [-0.2, 0) is 6.42 Å². The molecule has 0 saturated carbocycles. The van der Waals surface area contributed by atoms with Crippen molar-refractivity contribution in [2.45, 2.75) is 6.42 Å². The molecular weight excluding hydrogens is 287 g/mol. The van der Waals surface area contributed by atoms with E-state index >= 15 is 0 Å². The van der Waals surface area contributed by atoms with E-state index in [4.69, 9.17) is 9.63 Å². The van der Waals surface area contributed by atoms with Crippen LogP contribution in [0.4, 0.5) is 15.8 Å². The molecular formula is C11H9FN4O5. The van der Waals surface area contributed by atoms with Crippen LogP contribution < -0.4 is 5.32 Å². The Morgan fingerprint density at radius 1 is 1.52 bits per heavy atom. The molecule has 9 nitrogen and oxygen atoms in total. The van der Waals surface area contributed by atoms with Gasteiger partial charge in [-0.3, -0.25) is 10.1 Å². The highest BCUT2D eigenvalue weighted by Crippen LogP contribution is 2.26. The van der Waals surface area contributed by atoms with Gasteiger partial charge in [0.15, 0.2) is 12.1 Å². The lowest BCUT2D eigenvalue weighted by atomic mass is 10.1. The fraction of sp³-hybridized carbons (Fsp3) is 0.182. The van der Waals surface area contributed by atoms with Crippen molar-refractivity contribution in [1.29, 1.82) is 0 Å². The number of hydrogen-bond donors (Lipinski definition) is 2. The largest absolute Gasteiger partial charge is 0.477 e. The third-order valence-electron chi connectivity index (χ3n) is 2.57. The fourth-order valence-corrected chi connectivity index (χ4v) is 1.63. The van der Waals surface area contributed by atoms with E-state index in [0.717, 1.165) is 6.07 Å². The maximum Gasteiger partial charge on any atom is 0.342 e. The van der Waals surface area contributed by atoms with Gasteiger partial charge in [0.2, 0.25) is 5.89 Å². The minimum Gasteiger partial charge on any atom is -0.477 e. The van der Waals surface area contributed by atoms with Crippen LogP contribution in [-0.4, -0.2) is 32.7 Å². The Hall–Kier alpha value is -3.04. The molecule has 0 unspecified atom stereocenters. The van der Waals surface area contributed by atoms with Crippen LogP contribution in [0.2, 0.25) is 0 Å². The predicted molar refractivity (Wildman–Crippen MR) is 66.5 cm³/mol. The third-order valence-corrected chi connectivity index (χ3v) is 2.57. The number of aromatic nitrogens is 2. The van der Waals surface area contributed by atoms with Gasteiger partial charge in [0, 0.05) is 13.0 Å². The number of anilines is 1. The first-order valence-corrected chi connectivity index (χ1v) is 5.69. The zero-order valence-electron chi connectivity index (χ0n) is 10.4. The second-order valence-corrected chi connectivity index (χ2v) is 3.92.